The SMILES string of the molecule is O=C1CCC(C(=O)NCc2cccc(-c3ncc[nH]3)c2)c2ccccc21. The van der Waals surface area contributed by atoms with Crippen molar-refractivity contribution >= 4 is 11.7 Å². The van der Waals surface area contributed by atoms with Gasteiger partial charge in [0.1, 0.15) is 5.82 Å². The summed E-state index contributed by atoms with van der Waals surface area (Å²) in [7, 11) is 0. The summed E-state index contributed by atoms with van der Waals surface area (Å²) >= 11 is 0. The van der Waals surface area contributed by atoms with E-state index in [9.17, 15) is 9.59 Å². The number of aromatic amines is 1. The number of amides is 1. The fourth-order valence-electron chi connectivity index (χ4n) is 3.46. The zero-order valence-corrected chi connectivity index (χ0v) is 14.2. The molecule has 0 saturated carbocycles. The smallest absolute Gasteiger partial charge is 0.227 e. The standard InChI is InChI=1S/C21H19N3O2/c25-19-9-8-18(16-6-1-2-7-17(16)19)21(26)24-13-14-4-3-5-15(12-14)20-22-10-11-23-20/h1-7,10-12,18H,8-9,13H2,(H,22,23)(H,24,26). The van der Waals surface area contributed by atoms with E-state index in [4.69, 9.17) is 0 Å². The highest BCUT2D eigenvalue weighted by Crippen LogP contribution is 2.31. The molecule has 1 atom stereocenters. The lowest BCUT2D eigenvalue weighted by Crippen LogP contribution is -2.32. The van der Waals surface area contributed by atoms with Gasteiger partial charge in [0.15, 0.2) is 5.78 Å². The molecule has 1 aliphatic carbocycles. The number of rotatable bonds is 4. The molecular weight excluding hydrogens is 326 g/mol. The van der Waals surface area contributed by atoms with E-state index in [2.05, 4.69) is 15.3 Å². The van der Waals surface area contributed by atoms with Crippen LogP contribution in [0.25, 0.3) is 11.4 Å². The predicted molar refractivity (Wildman–Crippen MR) is 98.6 cm³/mol. The zero-order valence-electron chi connectivity index (χ0n) is 14.2. The van der Waals surface area contributed by atoms with Gasteiger partial charge in [-0.15, -0.1) is 0 Å². The number of H-pyrrole nitrogens is 1. The van der Waals surface area contributed by atoms with E-state index in [0.717, 1.165) is 22.5 Å². The van der Waals surface area contributed by atoms with Crippen molar-refractivity contribution in [2.45, 2.75) is 25.3 Å². The molecule has 1 amide bonds. The molecule has 130 valence electrons. The van der Waals surface area contributed by atoms with Crippen LogP contribution in [0.15, 0.2) is 60.9 Å². The molecule has 0 radical (unpaired) electrons. The Morgan fingerprint density at radius 3 is 2.92 bits per heavy atom. The number of hydrogen-bond acceptors (Lipinski definition) is 3. The van der Waals surface area contributed by atoms with Gasteiger partial charge in [0, 0.05) is 36.5 Å². The van der Waals surface area contributed by atoms with Crippen LogP contribution in [0.4, 0.5) is 0 Å². The van der Waals surface area contributed by atoms with Crippen molar-refractivity contribution in [1.82, 2.24) is 15.3 Å². The summed E-state index contributed by atoms with van der Waals surface area (Å²) in [6, 6.07) is 15.3. The number of ketones is 1. The van der Waals surface area contributed by atoms with Crippen molar-refractivity contribution < 1.29 is 9.59 Å². The Hall–Kier alpha value is -3.21. The molecule has 1 unspecified atom stereocenters. The van der Waals surface area contributed by atoms with E-state index in [1.165, 1.54) is 0 Å². The third-order valence-electron chi connectivity index (χ3n) is 4.78. The summed E-state index contributed by atoms with van der Waals surface area (Å²) in [6.07, 6.45) is 4.48. The van der Waals surface area contributed by atoms with E-state index < -0.39 is 0 Å². The maximum atomic E-state index is 12.7. The lowest BCUT2D eigenvalue weighted by molar-refractivity contribution is -0.122. The van der Waals surface area contributed by atoms with E-state index in [0.29, 0.717) is 24.9 Å². The van der Waals surface area contributed by atoms with Crippen LogP contribution in [0.1, 0.15) is 40.2 Å². The molecule has 0 bridgehead atoms. The van der Waals surface area contributed by atoms with Crippen LogP contribution in [-0.4, -0.2) is 21.7 Å². The number of Topliss-reactive ketones (excluding diaryl/α,β-unsaturated/α-hetero) is 1. The van der Waals surface area contributed by atoms with Crippen LogP contribution in [-0.2, 0) is 11.3 Å². The zero-order chi connectivity index (χ0) is 17.9. The van der Waals surface area contributed by atoms with Gasteiger partial charge in [0.05, 0.1) is 5.92 Å². The normalized spacial score (nSPS) is 16.2. The minimum absolute atomic E-state index is 0.0339. The number of fused-ring (bicyclic) bond motifs is 1. The van der Waals surface area contributed by atoms with Gasteiger partial charge in [-0.25, -0.2) is 4.98 Å². The molecule has 0 fully saturated rings. The first-order valence-electron chi connectivity index (χ1n) is 8.71. The first-order valence-corrected chi connectivity index (χ1v) is 8.71. The minimum Gasteiger partial charge on any atom is -0.351 e. The van der Waals surface area contributed by atoms with Crippen molar-refractivity contribution in [3.8, 4) is 11.4 Å². The Kier molecular flexibility index (Phi) is 4.35. The van der Waals surface area contributed by atoms with Crippen molar-refractivity contribution in [3.05, 3.63) is 77.6 Å². The van der Waals surface area contributed by atoms with E-state index in [-0.39, 0.29) is 17.6 Å². The van der Waals surface area contributed by atoms with Gasteiger partial charge >= 0.3 is 0 Å². The molecule has 1 heterocycles. The maximum absolute atomic E-state index is 12.7. The van der Waals surface area contributed by atoms with Crippen molar-refractivity contribution in [2.75, 3.05) is 0 Å². The third kappa shape index (κ3) is 3.16. The molecule has 26 heavy (non-hydrogen) atoms. The summed E-state index contributed by atoms with van der Waals surface area (Å²) in [5, 5.41) is 3.02. The van der Waals surface area contributed by atoms with E-state index in [1.54, 1.807) is 12.4 Å². The molecule has 4 rings (SSSR count). The monoisotopic (exact) mass is 345 g/mol. The second-order valence-corrected chi connectivity index (χ2v) is 6.46. The van der Waals surface area contributed by atoms with Gasteiger partial charge in [0.25, 0.3) is 0 Å². The number of aromatic nitrogens is 2. The number of carbonyl (C=O) groups excluding carboxylic acids is 2. The molecule has 1 aliphatic rings. The van der Waals surface area contributed by atoms with E-state index in [1.807, 2.05) is 48.5 Å². The largest absolute Gasteiger partial charge is 0.351 e. The first-order chi connectivity index (χ1) is 12.7. The maximum Gasteiger partial charge on any atom is 0.227 e. The number of benzene rings is 2. The number of imidazole rings is 1. The molecule has 0 spiro atoms. The highest BCUT2D eigenvalue weighted by molar-refractivity contribution is 6.01. The molecule has 3 aromatic rings. The highest BCUT2D eigenvalue weighted by Gasteiger charge is 2.29. The predicted octanol–water partition coefficient (Wildman–Crippen LogP) is 3.45. The summed E-state index contributed by atoms with van der Waals surface area (Å²) in [5.41, 5.74) is 3.51. The van der Waals surface area contributed by atoms with Crippen LogP contribution >= 0.6 is 0 Å². The molecular formula is C21H19N3O2. The van der Waals surface area contributed by atoms with Crippen LogP contribution in [0.2, 0.25) is 0 Å². The highest BCUT2D eigenvalue weighted by atomic mass is 16.2. The van der Waals surface area contributed by atoms with Gasteiger partial charge in [-0.1, -0.05) is 42.5 Å². The average molecular weight is 345 g/mol. The Morgan fingerprint density at radius 2 is 2.08 bits per heavy atom. The lowest BCUT2D eigenvalue weighted by atomic mass is 9.81. The van der Waals surface area contributed by atoms with Crippen LogP contribution in [0.5, 0.6) is 0 Å². The van der Waals surface area contributed by atoms with Gasteiger partial charge < -0.3 is 10.3 Å². The minimum atomic E-state index is -0.267. The second-order valence-electron chi connectivity index (χ2n) is 6.46. The lowest BCUT2D eigenvalue weighted by Gasteiger charge is -2.23. The van der Waals surface area contributed by atoms with Gasteiger partial charge in [0.2, 0.25) is 5.91 Å². The number of nitrogens with zero attached hydrogens (tertiary/aromatic N) is 1. The summed E-state index contributed by atoms with van der Waals surface area (Å²) < 4.78 is 0. The summed E-state index contributed by atoms with van der Waals surface area (Å²) in [4.78, 5) is 32.1. The van der Waals surface area contributed by atoms with Crippen molar-refractivity contribution in [3.63, 3.8) is 0 Å². The topological polar surface area (TPSA) is 74.8 Å². The number of nitrogens with one attached hydrogen (secondary N) is 2. The van der Waals surface area contributed by atoms with Crippen LogP contribution in [0.3, 0.4) is 0 Å². The Bertz CT molecular complexity index is 947. The molecule has 2 aromatic carbocycles. The average Bonchev–Trinajstić information content (AvgIpc) is 3.22. The van der Waals surface area contributed by atoms with Gasteiger partial charge in [-0.2, -0.15) is 0 Å². The van der Waals surface area contributed by atoms with E-state index >= 15 is 0 Å². The van der Waals surface area contributed by atoms with Crippen LogP contribution in [0, 0.1) is 0 Å². The molecule has 2 N–H and O–H groups in total. The fraction of sp³-hybridized carbons (Fsp3) is 0.190. The number of carbonyl (C=O) groups is 2. The quantitative estimate of drug-likeness (QED) is 0.760. The Balaban J connectivity index is 1.47. The van der Waals surface area contributed by atoms with Crippen molar-refractivity contribution in [2.24, 2.45) is 0 Å². The molecule has 1 aromatic heterocycles. The summed E-state index contributed by atoms with van der Waals surface area (Å²) in [5.74, 6) is 0.624. The van der Waals surface area contributed by atoms with Crippen molar-refractivity contribution in [1.29, 1.82) is 0 Å². The Morgan fingerprint density at radius 1 is 1.19 bits per heavy atom. The number of hydrogen-bond donors (Lipinski definition) is 2. The van der Waals surface area contributed by atoms with Gasteiger partial charge in [-0.3, -0.25) is 9.59 Å². The van der Waals surface area contributed by atoms with Crippen LogP contribution < -0.4 is 5.32 Å². The van der Waals surface area contributed by atoms with Gasteiger partial charge in [-0.05, 0) is 23.6 Å². The second kappa shape index (κ2) is 6.96. The molecule has 0 saturated heterocycles. The Labute approximate surface area is 151 Å². The first kappa shape index (κ1) is 16.3. The molecule has 5 nitrogen and oxygen atoms in total. The third-order valence-corrected chi connectivity index (χ3v) is 4.78. The molecule has 0 aliphatic heterocycles. The fourth-order valence-corrected chi connectivity index (χ4v) is 3.46. The summed E-state index contributed by atoms with van der Waals surface area (Å²) in [6.45, 7) is 0.444. The molecule has 5 heteroatoms.